The summed E-state index contributed by atoms with van der Waals surface area (Å²) < 4.78 is 5.52. The van der Waals surface area contributed by atoms with Crippen LogP contribution in [0, 0.1) is 13.8 Å². The summed E-state index contributed by atoms with van der Waals surface area (Å²) >= 11 is 1.80. The molecule has 0 bridgehead atoms. The van der Waals surface area contributed by atoms with E-state index in [0.717, 1.165) is 11.4 Å². The van der Waals surface area contributed by atoms with Crippen molar-refractivity contribution in [1.29, 1.82) is 0 Å². The Bertz CT molecular complexity index is 553. The summed E-state index contributed by atoms with van der Waals surface area (Å²) in [4.78, 5) is 7.09. The van der Waals surface area contributed by atoms with E-state index in [4.69, 9.17) is 4.42 Å². The average Bonchev–Trinajstić information content (AvgIpc) is 2.84. The third-order valence-corrected chi connectivity index (χ3v) is 3.74. The minimum atomic E-state index is 0.0104. The first-order valence-electron chi connectivity index (χ1n) is 5.18. The SMILES string of the molecule is Cc1cc(C2N=CNc3ccoc32)c(C)s1. The highest BCUT2D eigenvalue weighted by Crippen LogP contribution is 2.38. The maximum Gasteiger partial charge on any atom is 0.156 e. The molecule has 0 saturated carbocycles. The molecular weight excluding hydrogens is 220 g/mol. The highest BCUT2D eigenvalue weighted by molar-refractivity contribution is 7.12. The molecule has 0 aromatic carbocycles. The molecule has 2 aromatic rings. The summed E-state index contributed by atoms with van der Waals surface area (Å²) in [5.41, 5.74) is 2.26. The van der Waals surface area contributed by atoms with E-state index in [1.54, 1.807) is 23.9 Å². The Morgan fingerprint density at radius 1 is 1.44 bits per heavy atom. The fourth-order valence-corrected chi connectivity index (χ4v) is 3.00. The molecule has 16 heavy (non-hydrogen) atoms. The first-order chi connectivity index (χ1) is 7.75. The first-order valence-corrected chi connectivity index (χ1v) is 6.00. The van der Waals surface area contributed by atoms with Crippen LogP contribution in [0.1, 0.15) is 27.1 Å². The minimum absolute atomic E-state index is 0.0104. The summed E-state index contributed by atoms with van der Waals surface area (Å²) in [5.74, 6) is 0.906. The van der Waals surface area contributed by atoms with Gasteiger partial charge < -0.3 is 9.73 Å². The van der Waals surface area contributed by atoms with E-state index < -0.39 is 0 Å². The maximum absolute atomic E-state index is 5.52. The predicted octanol–water partition coefficient (Wildman–Crippen LogP) is 3.50. The number of hydrogen-bond acceptors (Lipinski definition) is 4. The Hall–Kier alpha value is -1.55. The zero-order chi connectivity index (χ0) is 11.1. The Labute approximate surface area is 97.8 Å². The molecule has 0 spiro atoms. The summed E-state index contributed by atoms with van der Waals surface area (Å²) in [7, 11) is 0. The van der Waals surface area contributed by atoms with Crippen LogP contribution >= 0.6 is 11.3 Å². The number of rotatable bonds is 1. The summed E-state index contributed by atoms with van der Waals surface area (Å²) in [5, 5.41) is 3.09. The van der Waals surface area contributed by atoms with Gasteiger partial charge in [-0.1, -0.05) is 0 Å². The number of anilines is 1. The number of aryl methyl sites for hydroxylation is 2. The lowest BCUT2D eigenvalue weighted by Gasteiger charge is -2.16. The van der Waals surface area contributed by atoms with Gasteiger partial charge >= 0.3 is 0 Å². The second-order valence-corrected chi connectivity index (χ2v) is 5.35. The Morgan fingerprint density at radius 2 is 2.31 bits per heavy atom. The number of hydrogen-bond donors (Lipinski definition) is 1. The van der Waals surface area contributed by atoms with Gasteiger partial charge in [-0.15, -0.1) is 11.3 Å². The second kappa shape index (κ2) is 3.49. The maximum atomic E-state index is 5.52. The average molecular weight is 232 g/mol. The van der Waals surface area contributed by atoms with Crippen LogP contribution < -0.4 is 5.32 Å². The summed E-state index contributed by atoms with van der Waals surface area (Å²) in [6, 6.07) is 4.14. The number of nitrogens with zero attached hydrogens (tertiary/aromatic N) is 1. The molecule has 0 amide bonds. The van der Waals surface area contributed by atoms with Crippen molar-refractivity contribution in [3.8, 4) is 0 Å². The molecule has 0 aliphatic carbocycles. The Balaban J connectivity index is 2.11. The Morgan fingerprint density at radius 3 is 3.06 bits per heavy atom. The van der Waals surface area contributed by atoms with Gasteiger partial charge in [0.15, 0.2) is 5.76 Å². The van der Waals surface area contributed by atoms with Crippen molar-refractivity contribution in [3.05, 3.63) is 39.5 Å². The van der Waals surface area contributed by atoms with Crippen molar-refractivity contribution in [3.63, 3.8) is 0 Å². The largest absolute Gasteiger partial charge is 0.464 e. The van der Waals surface area contributed by atoms with E-state index in [2.05, 4.69) is 30.2 Å². The topological polar surface area (TPSA) is 37.5 Å². The van der Waals surface area contributed by atoms with Crippen molar-refractivity contribution in [2.45, 2.75) is 19.9 Å². The van der Waals surface area contributed by atoms with Gasteiger partial charge in [-0.25, -0.2) is 0 Å². The molecule has 3 heterocycles. The normalized spacial score (nSPS) is 18.2. The van der Waals surface area contributed by atoms with Crippen LogP contribution in [0.15, 0.2) is 27.8 Å². The van der Waals surface area contributed by atoms with E-state index in [0.29, 0.717) is 0 Å². The van der Waals surface area contributed by atoms with Crippen molar-refractivity contribution in [1.82, 2.24) is 0 Å². The third kappa shape index (κ3) is 1.38. The second-order valence-electron chi connectivity index (χ2n) is 3.89. The van der Waals surface area contributed by atoms with Crippen LogP contribution in [0.4, 0.5) is 5.69 Å². The Kier molecular flexibility index (Phi) is 2.11. The molecule has 2 aromatic heterocycles. The van der Waals surface area contributed by atoms with E-state index >= 15 is 0 Å². The van der Waals surface area contributed by atoms with Crippen LogP contribution in [-0.2, 0) is 0 Å². The highest BCUT2D eigenvalue weighted by Gasteiger charge is 2.24. The van der Waals surface area contributed by atoms with E-state index in [1.807, 2.05) is 6.07 Å². The van der Waals surface area contributed by atoms with Gasteiger partial charge in [0.25, 0.3) is 0 Å². The molecule has 3 rings (SSSR count). The van der Waals surface area contributed by atoms with E-state index in [1.165, 1.54) is 15.3 Å². The lowest BCUT2D eigenvalue weighted by atomic mass is 10.0. The smallest absolute Gasteiger partial charge is 0.156 e. The molecule has 0 saturated heterocycles. The number of nitrogens with one attached hydrogen (secondary N) is 1. The molecule has 0 radical (unpaired) electrons. The number of aliphatic imine (C=N–C) groups is 1. The first kappa shape index (κ1) is 9.66. The van der Waals surface area contributed by atoms with Gasteiger partial charge in [-0.3, -0.25) is 4.99 Å². The highest BCUT2D eigenvalue weighted by atomic mass is 32.1. The van der Waals surface area contributed by atoms with Crippen molar-refractivity contribution in [2.75, 3.05) is 5.32 Å². The molecule has 1 aliphatic rings. The van der Waals surface area contributed by atoms with Crippen LogP contribution in [-0.4, -0.2) is 6.34 Å². The zero-order valence-electron chi connectivity index (χ0n) is 9.15. The number of thiophene rings is 1. The van der Waals surface area contributed by atoms with Gasteiger partial charge in [0.1, 0.15) is 6.04 Å². The standard InChI is InChI=1S/C12H12N2OS/c1-7-5-9(8(2)16-7)11-12-10(3-4-15-12)13-6-14-11/h3-6,11H,1-2H3,(H,13,14). The van der Waals surface area contributed by atoms with Crippen molar-refractivity contribution >= 4 is 23.4 Å². The fourth-order valence-electron chi connectivity index (χ4n) is 2.04. The van der Waals surface area contributed by atoms with Gasteiger partial charge in [0, 0.05) is 15.8 Å². The molecule has 1 aliphatic heterocycles. The quantitative estimate of drug-likeness (QED) is 0.817. The molecule has 0 fully saturated rings. The molecule has 4 heteroatoms. The summed E-state index contributed by atoms with van der Waals surface area (Å²) in [6.07, 6.45) is 3.45. The van der Waals surface area contributed by atoms with Gasteiger partial charge in [0.05, 0.1) is 18.3 Å². The van der Waals surface area contributed by atoms with Gasteiger partial charge in [-0.05, 0) is 25.5 Å². The van der Waals surface area contributed by atoms with Crippen LogP contribution in [0.3, 0.4) is 0 Å². The van der Waals surface area contributed by atoms with Crippen molar-refractivity contribution in [2.24, 2.45) is 4.99 Å². The number of furan rings is 1. The lowest BCUT2D eigenvalue weighted by Crippen LogP contribution is -2.09. The van der Waals surface area contributed by atoms with Crippen LogP contribution in [0.5, 0.6) is 0 Å². The van der Waals surface area contributed by atoms with Crippen molar-refractivity contribution < 1.29 is 4.42 Å². The molecule has 3 nitrogen and oxygen atoms in total. The van der Waals surface area contributed by atoms with Gasteiger partial charge in [-0.2, -0.15) is 0 Å². The van der Waals surface area contributed by atoms with Crippen LogP contribution in [0.25, 0.3) is 0 Å². The molecule has 1 unspecified atom stereocenters. The van der Waals surface area contributed by atoms with Gasteiger partial charge in [0.2, 0.25) is 0 Å². The lowest BCUT2D eigenvalue weighted by molar-refractivity contribution is 0.491. The third-order valence-electron chi connectivity index (χ3n) is 2.76. The molecule has 1 atom stereocenters. The number of fused-ring (bicyclic) bond motifs is 1. The molecule has 82 valence electrons. The fraction of sp³-hybridized carbons (Fsp3) is 0.250. The monoisotopic (exact) mass is 232 g/mol. The predicted molar refractivity (Wildman–Crippen MR) is 66.5 cm³/mol. The van der Waals surface area contributed by atoms with Crippen LogP contribution in [0.2, 0.25) is 0 Å². The molecule has 1 N–H and O–H groups in total. The minimum Gasteiger partial charge on any atom is -0.464 e. The van der Waals surface area contributed by atoms with E-state index in [9.17, 15) is 0 Å². The van der Waals surface area contributed by atoms with E-state index in [-0.39, 0.29) is 6.04 Å². The summed E-state index contributed by atoms with van der Waals surface area (Å²) in [6.45, 7) is 4.25. The molecular formula is C12H12N2OS. The zero-order valence-corrected chi connectivity index (χ0v) is 9.97.